The minimum absolute atomic E-state index is 0.0179. The Morgan fingerprint density at radius 1 is 1.48 bits per heavy atom. The molecular weight excluding hydrogens is 266 g/mol. The Hall–Kier alpha value is -1.36. The predicted molar refractivity (Wildman–Crippen MR) is 82.2 cm³/mol. The van der Waals surface area contributed by atoms with Gasteiger partial charge in [0.15, 0.2) is 0 Å². The second-order valence-corrected chi connectivity index (χ2v) is 6.05. The van der Waals surface area contributed by atoms with Crippen LogP contribution < -0.4 is 5.73 Å². The number of piperidine rings is 1. The van der Waals surface area contributed by atoms with E-state index in [1.54, 1.807) is 0 Å². The number of likely N-dealkylation sites (tertiary alicyclic amines) is 1. The highest BCUT2D eigenvalue weighted by atomic mass is 16.5. The Morgan fingerprint density at radius 3 is 2.81 bits per heavy atom. The van der Waals surface area contributed by atoms with Crippen molar-refractivity contribution in [2.45, 2.75) is 70.9 Å². The minimum Gasteiger partial charge on any atom is -0.351 e. The van der Waals surface area contributed by atoms with Crippen molar-refractivity contribution in [2.24, 2.45) is 5.73 Å². The third-order valence-electron chi connectivity index (χ3n) is 4.56. The van der Waals surface area contributed by atoms with Crippen LogP contribution in [0.5, 0.6) is 0 Å². The molecule has 1 aromatic rings. The van der Waals surface area contributed by atoms with Crippen LogP contribution in [-0.4, -0.2) is 34.6 Å². The summed E-state index contributed by atoms with van der Waals surface area (Å²) in [5.41, 5.74) is 6.92. The van der Waals surface area contributed by atoms with E-state index < -0.39 is 0 Å². The highest BCUT2D eigenvalue weighted by Crippen LogP contribution is 2.25. The van der Waals surface area contributed by atoms with Crippen LogP contribution in [0.4, 0.5) is 0 Å². The van der Waals surface area contributed by atoms with Crippen molar-refractivity contribution in [3.63, 3.8) is 0 Å². The summed E-state index contributed by atoms with van der Waals surface area (Å²) in [5.74, 6) is 0.645. The lowest BCUT2D eigenvalue weighted by atomic mass is 9.96. The summed E-state index contributed by atoms with van der Waals surface area (Å²) in [6.45, 7) is 6.97. The van der Waals surface area contributed by atoms with E-state index in [4.69, 9.17) is 10.3 Å². The molecule has 118 valence electrons. The van der Waals surface area contributed by atoms with E-state index in [0.29, 0.717) is 11.7 Å². The van der Waals surface area contributed by atoms with Crippen molar-refractivity contribution < 1.29 is 9.32 Å². The van der Waals surface area contributed by atoms with Gasteiger partial charge >= 0.3 is 0 Å². The molecule has 0 spiro atoms. The van der Waals surface area contributed by atoms with Crippen LogP contribution in [-0.2, 0) is 0 Å². The Kier molecular flexibility index (Phi) is 5.39. The zero-order valence-corrected chi connectivity index (χ0v) is 13.3. The SMILES string of the molecule is CCC(CC)c1cc(C(=O)N2CCCCC2C(C)N)on1. The third kappa shape index (κ3) is 3.46. The van der Waals surface area contributed by atoms with Crippen LogP contribution in [0.1, 0.15) is 75.0 Å². The molecule has 1 aliphatic rings. The van der Waals surface area contributed by atoms with Gasteiger partial charge in [0.25, 0.3) is 5.91 Å². The van der Waals surface area contributed by atoms with Gasteiger partial charge in [-0.05, 0) is 39.0 Å². The standard InChI is InChI=1S/C16H27N3O2/c1-4-12(5-2)13-10-15(21-18-13)16(20)19-9-7-6-8-14(19)11(3)17/h10-12,14H,4-9,17H2,1-3H3. The van der Waals surface area contributed by atoms with Gasteiger partial charge in [-0.2, -0.15) is 0 Å². The molecule has 2 N–H and O–H groups in total. The maximum atomic E-state index is 12.7. The summed E-state index contributed by atoms with van der Waals surface area (Å²) in [7, 11) is 0. The lowest BCUT2D eigenvalue weighted by molar-refractivity contribution is 0.0542. The molecule has 2 unspecified atom stereocenters. The highest BCUT2D eigenvalue weighted by Gasteiger charge is 2.32. The maximum absolute atomic E-state index is 12.7. The van der Waals surface area contributed by atoms with Gasteiger partial charge in [0, 0.05) is 30.6 Å². The molecule has 1 fully saturated rings. The number of nitrogens with zero attached hydrogens (tertiary/aromatic N) is 2. The minimum atomic E-state index is -0.0679. The Labute approximate surface area is 126 Å². The van der Waals surface area contributed by atoms with Crippen molar-refractivity contribution in [1.29, 1.82) is 0 Å². The first-order valence-electron chi connectivity index (χ1n) is 8.11. The smallest absolute Gasteiger partial charge is 0.292 e. The fraction of sp³-hybridized carbons (Fsp3) is 0.750. The Balaban J connectivity index is 2.15. The number of carbonyl (C=O) groups is 1. The zero-order chi connectivity index (χ0) is 15.4. The number of carbonyl (C=O) groups excluding carboxylic acids is 1. The van der Waals surface area contributed by atoms with Crippen LogP contribution in [0.3, 0.4) is 0 Å². The lowest BCUT2D eigenvalue weighted by Crippen LogP contribution is -2.51. The highest BCUT2D eigenvalue weighted by molar-refractivity contribution is 5.91. The molecule has 1 amide bonds. The molecule has 0 aliphatic carbocycles. The molecule has 1 aliphatic heterocycles. The Bertz CT molecular complexity index is 466. The lowest BCUT2D eigenvalue weighted by Gasteiger charge is -2.37. The van der Waals surface area contributed by atoms with Crippen molar-refractivity contribution in [3.8, 4) is 0 Å². The van der Waals surface area contributed by atoms with Crippen LogP contribution in [0.25, 0.3) is 0 Å². The van der Waals surface area contributed by atoms with Crippen molar-refractivity contribution in [3.05, 3.63) is 17.5 Å². The number of rotatable bonds is 5. The first kappa shape index (κ1) is 16.0. The molecule has 2 heterocycles. The van der Waals surface area contributed by atoms with Crippen molar-refractivity contribution >= 4 is 5.91 Å². The number of hydrogen-bond donors (Lipinski definition) is 1. The molecule has 5 heteroatoms. The molecule has 0 aromatic carbocycles. The van der Waals surface area contributed by atoms with Crippen molar-refractivity contribution in [2.75, 3.05) is 6.54 Å². The first-order valence-corrected chi connectivity index (χ1v) is 8.11. The quantitative estimate of drug-likeness (QED) is 0.906. The van der Waals surface area contributed by atoms with Crippen LogP contribution in [0.2, 0.25) is 0 Å². The van der Waals surface area contributed by atoms with Gasteiger partial charge in [-0.1, -0.05) is 19.0 Å². The van der Waals surface area contributed by atoms with E-state index in [2.05, 4.69) is 19.0 Å². The Morgan fingerprint density at radius 2 is 2.19 bits per heavy atom. The van der Waals surface area contributed by atoms with E-state index in [9.17, 15) is 4.79 Å². The van der Waals surface area contributed by atoms with Gasteiger partial charge in [-0.3, -0.25) is 4.79 Å². The zero-order valence-electron chi connectivity index (χ0n) is 13.3. The van der Waals surface area contributed by atoms with E-state index >= 15 is 0 Å². The van der Waals surface area contributed by atoms with Crippen LogP contribution in [0.15, 0.2) is 10.6 Å². The summed E-state index contributed by atoms with van der Waals surface area (Å²) in [5, 5.41) is 4.09. The molecule has 5 nitrogen and oxygen atoms in total. The van der Waals surface area contributed by atoms with Gasteiger partial charge in [0.05, 0.1) is 5.69 Å². The average molecular weight is 293 g/mol. The molecule has 0 bridgehead atoms. The van der Waals surface area contributed by atoms with Gasteiger partial charge in [-0.15, -0.1) is 0 Å². The monoisotopic (exact) mass is 293 g/mol. The largest absolute Gasteiger partial charge is 0.351 e. The molecule has 21 heavy (non-hydrogen) atoms. The molecule has 2 rings (SSSR count). The summed E-state index contributed by atoms with van der Waals surface area (Å²) in [4.78, 5) is 14.5. The first-order chi connectivity index (χ1) is 10.1. The van der Waals surface area contributed by atoms with E-state index in [-0.39, 0.29) is 18.0 Å². The molecule has 1 aromatic heterocycles. The van der Waals surface area contributed by atoms with Crippen molar-refractivity contribution in [1.82, 2.24) is 10.1 Å². The van der Waals surface area contributed by atoms with Gasteiger partial charge in [0.2, 0.25) is 5.76 Å². The molecule has 0 radical (unpaired) electrons. The van der Waals surface area contributed by atoms with E-state index in [1.165, 1.54) is 0 Å². The van der Waals surface area contributed by atoms with E-state index in [0.717, 1.165) is 44.3 Å². The number of amides is 1. The normalized spacial score (nSPS) is 20.8. The molecule has 2 atom stereocenters. The van der Waals surface area contributed by atoms with E-state index in [1.807, 2.05) is 17.9 Å². The van der Waals surface area contributed by atoms with Crippen LogP contribution in [0, 0.1) is 0 Å². The second kappa shape index (κ2) is 7.07. The maximum Gasteiger partial charge on any atom is 0.292 e. The fourth-order valence-corrected chi connectivity index (χ4v) is 3.19. The average Bonchev–Trinajstić information content (AvgIpc) is 2.97. The molecule has 1 saturated heterocycles. The summed E-state index contributed by atoms with van der Waals surface area (Å²) < 4.78 is 5.31. The number of hydrogen-bond acceptors (Lipinski definition) is 4. The number of nitrogens with two attached hydrogens (primary N) is 1. The number of aromatic nitrogens is 1. The third-order valence-corrected chi connectivity index (χ3v) is 4.56. The van der Waals surface area contributed by atoms with Gasteiger partial charge in [-0.25, -0.2) is 0 Å². The topological polar surface area (TPSA) is 72.4 Å². The summed E-state index contributed by atoms with van der Waals surface area (Å²) in [6, 6.07) is 1.90. The molecular formula is C16H27N3O2. The van der Waals surface area contributed by atoms with Gasteiger partial charge < -0.3 is 15.2 Å². The van der Waals surface area contributed by atoms with Gasteiger partial charge in [0.1, 0.15) is 0 Å². The summed E-state index contributed by atoms with van der Waals surface area (Å²) >= 11 is 0. The molecule has 0 saturated carbocycles. The van der Waals surface area contributed by atoms with Crippen LogP contribution >= 0.6 is 0 Å². The predicted octanol–water partition coefficient (Wildman–Crippen LogP) is 2.92. The summed E-state index contributed by atoms with van der Waals surface area (Å²) in [6.07, 6.45) is 5.14. The fourth-order valence-electron chi connectivity index (χ4n) is 3.19. The second-order valence-electron chi connectivity index (χ2n) is 6.05.